The van der Waals surface area contributed by atoms with Gasteiger partial charge in [-0.2, -0.15) is 0 Å². The molecule has 1 amide bonds. The van der Waals surface area contributed by atoms with Crippen molar-refractivity contribution in [2.75, 3.05) is 13.1 Å². The molecule has 1 aliphatic heterocycles. The fourth-order valence-electron chi connectivity index (χ4n) is 1.97. The van der Waals surface area contributed by atoms with Crippen molar-refractivity contribution in [3.8, 4) is 0 Å². The average molecular weight is 266 g/mol. The van der Waals surface area contributed by atoms with Gasteiger partial charge in [-0.1, -0.05) is 5.11 Å². The second-order valence-electron chi connectivity index (χ2n) is 4.20. The molecule has 1 aromatic heterocycles. The van der Waals surface area contributed by atoms with Crippen molar-refractivity contribution in [1.82, 2.24) is 4.90 Å². The summed E-state index contributed by atoms with van der Waals surface area (Å²) in [5.74, 6) is -0.0501. The molecule has 2 rings (SSSR count). The number of β-amino-alcohol motifs (C(OH)–C–C–N with tert-alkyl or cyclic N) is 1. The number of amides is 1. The van der Waals surface area contributed by atoms with Gasteiger partial charge in [-0.25, -0.2) is 0 Å². The predicted octanol–water partition coefficient (Wildman–Crippen LogP) is 2.16. The zero-order valence-electron chi connectivity index (χ0n) is 9.82. The lowest BCUT2D eigenvalue weighted by atomic mass is 10.1. The fourth-order valence-corrected chi connectivity index (χ4v) is 2.87. The first-order valence-corrected chi connectivity index (χ1v) is 6.59. The van der Waals surface area contributed by atoms with E-state index in [0.29, 0.717) is 18.0 Å². The highest BCUT2D eigenvalue weighted by Crippen LogP contribution is 2.21. The van der Waals surface area contributed by atoms with Crippen LogP contribution in [0, 0.1) is 0 Å². The van der Waals surface area contributed by atoms with Crippen LogP contribution in [0.2, 0.25) is 0 Å². The molecule has 1 fully saturated rings. The van der Waals surface area contributed by atoms with Gasteiger partial charge in [-0.15, -0.1) is 11.3 Å². The highest BCUT2D eigenvalue weighted by Gasteiger charge is 2.23. The number of aliphatic hydroxyl groups excluding tert-OH is 1. The molecular weight excluding hydrogens is 252 g/mol. The SMILES string of the molecule is [N-]=[N+]=NCc1ccc(C(=O)N2CCCC(O)C2)s1. The van der Waals surface area contributed by atoms with Crippen molar-refractivity contribution in [2.24, 2.45) is 5.11 Å². The summed E-state index contributed by atoms with van der Waals surface area (Å²) in [5.41, 5.74) is 8.24. The Balaban J connectivity index is 2.03. The Kier molecular flexibility index (Phi) is 4.19. The first-order valence-electron chi connectivity index (χ1n) is 5.77. The van der Waals surface area contributed by atoms with E-state index in [9.17, 15) is 9.90 Å². The van der Waals surface area contributed by atoms with Crippen molar-refractivity contribution in [3.63, 3.8) is 0 Å². The van der Waals surface area contributed by atoms with Crippen LogP contribution in [0.25, 0.3) is 10.4 Å². The predicted molar refractivity (Wildman–Crippen MR) is 68.3 cm³/mol. The van der Waals surface area contributed by atoms with E-state index < -0.39 is 6.10 Å². The molecule has 0 radical (unpaired) electrons. The standard InChI is InChI=1S/C11H14N4O2S/c12-14-13-6-9-3-4-10(18-9)11(17)15-5-1-2-8(16)7-15/h3-4,8,16H,1-2,5-7H2. The largest absolute Gasteiger partial charge is 0.391 e. The number of carbonyl (C=O) groups excluding carboxylic acids is 1. The summed E-state index contributed by atoms with van der Waals surface area (Å²) >= 11 is 1.34. The van der Waals surface area contributed by atoms with E-state index in [1.165, 1.54) is 11.3 Å². The lowest BCUT2D eigenvalue weighted by Gasteiger charge is -2.29. The molecule has 0 bridgehead atoms. The summed E-state index contributed by atoms with van der Waals surface area (Å²) in [4.78, 5) is 18.0. The Labute approximate surface area is 108 Å². The molecule has 7 heteroatoms. The summed E-state index contributed by atoms with van der Waals surface area (Å²) in [5, 5.41) is 13.0. The molecular formula is C11H14N4O2S. The quantitative estimate of drug-likeness (QED) is 0.516. The van der Waals surface area contributed by atoms with Gasteiger partial charge in [0.1, 0.15) is 0 Å². The number of thiophene rings is 1. The van der Waals surface area contributed by atoms with Gasteiger partial charge in [0, 0.05) is 22.9 Å². The van der Waals surface area contributed by atoms with Gasteiger partial charge in [0.05, 0.1) is 17.5 Å². The molecule has 6 nitrogen and oxygen atoms in total. The Morgan fingerprint density at radius 2 is 2.50 bits per heavy atom. The summed E-state index contributed by atoms with van der Waals surface area (Å²) in [6.07, 6.45) is 1.19. The first kappa shape index (κ1) is 12.9. The van der Waals surface area contributed by atoms with Crippen molar-refractivity contribution in [1.29, 1.82) is 0 Å². The number of piperidine rings is 1. The van der Waals surface area contributed by atoms with Crippen LogP contribution < -0.4 is 0 Å². The highest BCUT2D eigenvalue weighted by atomic mass is 32.1. The number of hydrogen-bond donors (Lipinski definition) is 1. The minimum Gasteiger partial charge on any atom is -0.391 e. The van der Waals surface area contributed by atoms with Crippen molar-refractivity contribution in [3.05, 3.63) is 32.3 Å². The topological polar surface area (TPSA) is 89.3 Å². The van der Waals surface area contributed by atoms with Gasteiger partial charge in [0.2, 0.25) is 0 Å². The molecule has 1 N–H and O–H groups in total. The van der Waals surface area contributed by atoms with E-state index in [1.54, 1.807) is 17.0 Å². The Hall–Kier alpha value is -1.56. The van der Waals surface area contributed by atoms with Crippen LogP contribution in [-0.2, 0) is 6.54 Å². The maximum Gasteiger partial charge on any atom is 0.264 e. The Morgan fingerprint density at radius 3 is 3.22 bits per heavy atom. The number of rotatable bonds is 3. The molecule has 0 aromatic carbocycles. The molecule has 1 aliphatic rings. The van der Waals surface area contributed by atoms with E-state index in [1.807, 2.05) is 0 Å². The van der Waals surface area contributed by atoms with E-state index in [-0.39, 0.29) is 12.5 Å². The van der Waals surface area contributed by atoms with Crippen LogP contribution in [0.1, 0.15) is 27.4 Å². The van der Waals surface area contributed by atoms with Crippen LogP contribution in [0.15, 0.2) is 17.2 Å². The third-order valence-electron chi connectivity index (χ3n) is 2.85. The van der Waals surface area contributed by atoms with Gasteiger partial charge in [0.25, 0.3) is 5.91 Å². The highest BCUT2D eigenvalue weighted by molar-refractivity contribution is 7.14. The molecule has 1 atom stereocenters. The monoisotopic (exact) mass is 266 g/mol. The normalized spacial score (nSPS) is 19.4. The average Bonchev–Trinajstić information content (AvgIpc) is 2.84. The molecule has 0 saturated carbocycles. The molecule has 0 spiro atoms. The van der Waals surface area contributed by atoms with Crippen LogP contribution in [-0.4, -0.2) is 35.1 Å². The minimum atomic E-state index is -0.412. The van der Waals surface area contributed by atoms with E-state index >= 15 is 0 Å². The van der Waals surface area contributed by atoms with Gasteiger partial charge >= 0.3 is 0 Å². The molecule has 96 valence electrons. The van der Waals surface area contributed by atoms with E-state index in [4.69, 9.17) is 5.53 Å². The Bertz CT molecular complexity index is 481. The minimum absolute atomic E-state index is 0.0501. The molecule has 0 aliphatic carbocycles. The fraction of sp³-hybridized carbons (Fsp3) is 0.545. The summed E-state index contributed by atoms with van der Waals surface area (Å²) < 4.78 is 0. The third kappa shape index (κ3) is 3.01. The maximum atomic E-state index is 12.2. The second-order valence-corrected chi connectivity index (χ2v) is 5.37. The van der Waals surface area contributed by atoms with Gasteiger partial charge < -0.3 is 10.0 Å². The number of likely N-dealkylation sites (tertiary alicyclic amines) is 1. The molecule has 1 aromatic rings. The summed E-state index contributed by atoms with van der Waals surface area (Å²) in [6, 6.07) is 3.54. The van der Waals surface area contributed by atoms with Crippen molar-refractivity contribution >= 4 is 17.2 Å². The maximum absolute atomic E-state index is 12.2. The van der Waals surface area contributed by atoms with Crippen LogP contribution in [0.3, 0.4) is 0 Å². The van der Waals surface area contributed by atoms with Crippen LogP contribution >= 0.6 is 11.3 Å². The molecule has 1 unspecified atom stereocenters. The Morgan fingerprint density at radius 1 is 1.67 bits per heavy atom. The first-order chi connectivity index (χ1) is 8.70. The molecule has 18 heavy (non-hydrogen) atoms. The van der Waals surface area contributed by atoms with Crippen LogP contribution in [0.4, 0.5) is 0 Å². The van der Waals surface area contributed by atoms with E-state index in [0.717, 1.165) is 17.7 Å². The van der Waals surface area contributed by atoms with Crippen molar-refractivity contribution < 1.29 is 9.90 Å². The van der Waals surface area contributed by atoms with Gasteiger partial charge in [-0.05, 0) is 30.5 Å². The summed E-state index contributed by atoms with van der Waals surface area (Å²) in [7, 11) is 0. The third-order valence-corrected chi connectivity index (χ3v) is 3.90. The lowest BCUT2D eigenvalue weighted by Crippen LogP contribution is -2.41. The number of hydrogen-bond acceptors (Lipinski definition) is 4. The van der Waals surface area contributed by atoms with E-state index in [2.05, 4.69) is 10.0 Å². The second kappa shape index (κ2) is 5.86. The van der Waals surface area contributed by atoms with Gasteiger partial charge in [-0.3, -0.25) is 4.79 Å². The number of azide groups is 1. The molecule has 2 heterocycles. The summed E-state index contributed by atoms with van der Waals surface area (Å²) in [6.45, 7) is 1.37. The lowest BCUT2D eigenvalue weighted by molar-refractivity contribution is 0.0478. The number of aliphatic hydroxyl groups is 1. The zero-order valence-corrected chi connectivity index (χ0v) is 10.6. The number of nitrogens with zero attached hydrogens (tertiary/aromatic N) is 4. The van der Waals surface area contributed by atoms with Gasteiger partial charge in [0.15, 0.2) is 0 Å². The zero-order chi connectivity index (χ0) is 13.0. The smallest absolute Gasteiger partial charge is 0.264 e. The van der Waals surface area contributed by atoms with Crippen LogP contribution in [0.5, 0.6) is 0 Å². The van der Waals surface area contributed by atoms with Crippen molar-refractivity contribution in [2.45, 2.75) is 25.5 Å². The molecule has 1 saturated heterocycles. The number of carbonyl (C=O) groups is 1.